The van der Waals surface area contributed by atoms with Crippen molar-refractivity contribution >= 4 is 0 Å². The van der Waals surface area contributed by atoms with Gasteiger partial charge in [-0.25, -0.2) is 0 Å². The van der Waals surface area contributed by atoms with Crippen molar-refractivity contribution in [3.8, 4) is 0 Å². The molecule has 0 aliphatic carbocycles. The molecule has 0 bridgehead atoms. The maximum atomic E-state index is 3.46. The molecule has 0 radical (unpaired) electrons. The summed E-state index contributed by atoms with van der Waals surface area (Å²) in [6.45, 7) is 10.0. The average Bonchev–Trinajstić information content (AvgIpc) is 2.35. The molecule has 0 saturated carbocycles. The van der Waals surface area contributed by atoms with Gasteiger partial charge in [-0.05, 0) is 76.9 Å². The molecule has 2 heterocycles. The minimum absolute atomic E-state index is 0.833. The van der Waals surface area contributed by atoms with Crippen LogP contribution in [0.2, 0.25) is 0 Å². The fraction of sp³-hybridized carbons (Fsp3) is 1.00. The van der Waals surface area contributed by atoms with Crippen molar-refractivity contribution in [1.82, 2.24) is 10.2 Å². The van der Waals surface area contributed by atoms with E-state index in [1.165, 1.54) is 64.7 Å². The van der Waals surface area contributed by atoms with E-state index in [1.54, 1.807) is 0 Å². The van der Waals surface area contributed by atoms with Crippen LogP contribution in [0, 0.1) is 11.8 Å². The summed E-state index contributed by atoms with van der Waals surface area (Å²) in [5.74, 6) is 1.93. The van der Waals surface area contributed by atoms with Gasteiger partial charge < -0.3 is 10.2 Å². The summed E-state index contributed by atoms with van der Waals surface area (Å²) in [7, 11) is 0. The van der Waals surface area contributed by atoms with Crippen LogP contribution < -0.4 is 5.32 Å². The second kappa shape index (κ2) is 6.75. The topological polar surface area (TPSA) is 15.3 Å². The zero-order valence-electron chi connectivity index (χ0n) is 11.8. The van der Waals surface area contributed by atoms with Crippen molar-refractivity contribution in [2.24, 2.45) is 11.8 Å². The molecule has 2 aliphatic heterocycles. The van der Waals surface area contributed by atoms with Crippen molar-refractivity contribution in [1.29, 1.82) is 0 Å². The first kappa shape index (κ1) is 13.4. The van der Waals surface area contributed by atoms with E-state index in [0.29, 0.717) is 0 Å². The fourth-order valence-electron chi connectivity index (χ4n) is 3.44. The van der Waals surface area contributed by atoms with Gasteiger partial charge in [-0.3, -0.25) is 0 Å². The van der Waals surface area contributed by atoms with Crippen molar-refractivity contribution in [3.05, 3.63) is 0 Å². The summed E-state index contributed by atoms with van der Waals surface area (Å²) < 4.78 is 0. The average molecular weight is 238 g/mol. The summed E-state index contributed by atoms with van der Waals surface area (Å²) in [5, 5.41) is 3.46. The molecule has 0 aromatic carbocycles. The SMILES string of the molecule is CC1CCC(C)N(CCCC2CCNCC2)C1. The highest BCUT2D eigenvalue weighted by Crippen LogP contribution is 2.23. The molecule has 2 saturated heterocycles. The molecule has 2 nitrogen and oxygen atoms in total. The van der Waals surface area contributed by atoms with Gasteiger partial charge in [-0.2, -0.15) is 0 Å². The molecule has 0 spiro atoms. The van der Waals surface area contributed by atoms with E-state index in [2.05, 4.69) is 24.1 Å². The predicted molar refractivity (Wildman–Crippen MR) is 74.3 cm³/mol. The Morgan fingerprint density at radius 1 is 1.06 bits per heavy atom. The number of hydrogen-bond donors (Lipinski definition) is 1. The summed E-state index contributed by atoms with van der Waals surface area (Å²) in [6, 6.07) is 0.833. The highest BCUT2D eigenvalue weighted by Gasteiger charge is 2.22. The van der Waals surface area contributed by atoms with Gasteiger partial charge in [0.1, 0.15) is 0 Å². The van der Waals surface area contributed by atoms with Crippen LogP contribution in [0.25, 0.3) is 0 Å². The second-order valence-corrected chi connectivity index (χ2v) is 6.36. The lowest BCUT2D eigenvalue weighted by Crippen LogP contribution is -2.41. The van der Waals surface area contributed by atoms with E-state index in [0.717, 1.165) is 17.9 Å². The van der Waals surface area contributed by atoms with Gasteiger partial charge in [0.15, 0.2) is 0 Å². The molecule has 2 fully saturated rings. The Kier molecular flexibility index (Phi) is 5.30. The number of nitrogens with one attached hydrogen (secondary N) is 1. The third kappa shape index (κ3) is 4.26. The lowest BCUT2D eigenvalue weighted by atomic mass is 9.91. The zero-order valence-corrected chi connectivity index (χ0v) is 11.8. The molecule has 2 rings (SSSR count). The predicted octanol–water partition coefficient (Wildman–Crippen LogP) is 2.89. The van der Waals surface area contributed by atoms with Gasteiger partial charge in [-0.15, -0.1) is 0 Å². The molecule has 2 unspecified atom stereocenters. The van der Waals surface area contributed by atoms with Gasteiger partial charge in [0.05, 0.1) is 0 Å². The Bertz CT molecular complexity index is 211. The Labute approximate surface area is 107 Å². The molecule has 2 heteroatoms. The van der Waals surface area contributed by atoms with E-state index in [-0.39, 0.29) is 0 Å². The van der Waals surface area contributed by atoms with E-state index in [1.807, 2.05) is 0 Å². The standard InChI is InChI=1S/C15H30N2/c1-13-5-6-14(2)17(12-13)11-3-4-15-7-9-16-10-8-15/h13-16H,3-12H2,1-2H3. The van der Waals surface area contributed by atoms with Gasteiger partial charge in [-0.1, -0.05) is 6.92 Å². The molecule has 2 atom stereocenters. The highest BCUT2D eigenvalue weighted by atomic mass is 15.2. The maximum Gasteiger partial charge on any atom is 0.00671 e. The molecule has 1 N–H and O–H groups in total. The van der Waals surface area contributed by atoms with Crippen LogP contribution in [-0.4, -0.2) is 37.1 Å². The number of rotatable bonds is 4. The van der Waals surface area contributed by atoms with E-state index in [9.17, 15) is 0 Å². The van der Waals surface area contributed by atoms with Crippen molar-refractivity contribution in [2.45, 2.75) is 58.4 Å². The van der Waals surface area contributed by atoms with Crippen LogP contribution in [-0.2, 0) is 0 Å². The smallest absolute Gasteiger partial charge is 0.00671 e. The largest absolute Gasteiger partial charge is 0.317 e. The number of piperidine rings is 2. The van der Waals surface area contributed by atoms with Crippen LogP contribution in [0.5, 0.6) is 0 Å². The molecule has 17 heavy (non-hydrogen) atoms. The zero-order chi connectivity index (χ0) is 12.1. The second-order valence-electron chi connectivity index (χ2n) is 6.36. The molecule has 0 aromatic heterocycles. The first-order valence-electron chi connectivity index (χ1n) is 7.70. The van der Waals surface area contributed by atoms with Gasteiger partial charge >= 0.3 is 0 Å². The van der Waals surface area contributed by atoms with Crippen molar-refractivity contribution in [3.63, 3.8) is 0 Å². The minimum atomic E-state index is 0.833. The Balaban J connectivity index is 1.63. The van der Waals surface area contributed by atoms with Gasteiger partial charge in [0.2, 0.25) is 0 Å². The first-order chi connectivity index (χ1) is 8.25. The summed E-state index contributed by atoms with van der Waals surface area (Å²) >= 11 is 0. The lowest BCUT2D eigenvalue weighted by Gasteiger charge is -2.37. The number of nitrogens with zero attached hydrogens (tertiary/aromatic N) is 1. The first-order valence-corrected chi connectivity index (χ1v) is 7.70. The van der Waals surface area contributed by atoms with Crippen LogP contribution in [0.15, 0.2) is 0 Å². The van der Waals surface area contributed by atoms with Crippen LogP contribution in [0.4, 0.5) is 0 Å². The molecule has 0 aromatic rings. The lowest BCUT2D eigenvalue weighted by molar-refractivity contribution is 0.120. The molecular formula is C15H30N2. The van der Waals surface area contributed by atoms with Gasteiger partial charge in [0, 0.05) is 12.6 Å². The Morgan fingerprint density at radius 3 is 2.59 bits per heavy atom. The van der Waals surface area contributed by atoms with Crippen LogP contribution >= 0.6 is 0 Å². The van der Waals surface area contributed by atoms with Crippen LogP contribution in [0.3, 0.4) is 0 Å². The molecule has 0 amide bonds. The molecule has 2 aliphatic rings. The fourth-order valence-corrected chi connectivity index (χ4v) is 3.44. The normalized spacial score (nSPS) is 32.8. The van der Waals surface area contributed by atoms with Crippen molar-refractivity contribution in [2.75, 3.05) is 26.2 Å². The Hall–Kier alpha value is -0.0800. The highest BCUT2D eigenvalue weighted by molar-refractivity contribution is 4.77. The summed E-state index contributed by atoms with van der Waals surface area (Å²) in [4.78, 5) is 2.73. The summed E-state index contributed by atoms with van der Waals surface area (Å²) in [5.41, 5.74) is 0. The van der Waals surface area contributed by atoms with Crippen molar-refractivity contribution < 1.29 is 0 Å². The van der Waals surface area contributed by atoms with Gasteiger partial charge in [0.25, 0.3) is 0 Å². The number of hydrogen-bond acceptors (Lipinski definition) is 2. The third-order valence-electron chi connectivity index (χ3n) is 4.76. The maximum absolute atomic E-state index is 3.46. The third-order valence-corrected chi connectivity index (χ3v) is 4.76. The monoisotopic (exact) mass is 238 g/mol. The molecule has 100 valence electrons. The van der Waals surface area contributed by atoms with E-state index >= 15 is 0 Å². The van der Waals surface area contributed by atoms with E-state index in [4.69, 9.17) is 0 Å². The minimum Gasteiger partial charge on any atom is -0.317 e. The van der Waals surface area contributed by atoms with Crippen LogP contribution in [0.1, 0.15) is 52.4 Å². The summed E-state index contributed by atoms with van der Waals surface area (Å²) in [6.07, 6.45) is 8.54. The quantitative estimate of drug-likeness (QED) is 0.810. The number of likely N-dealkylation sites (tertiary alicyclic amines) is 1. The Morgan fingerprint density at radius 2 is 1.82 bits per heavy atom. The molecular weight excluding hydrogens is 208 g/mol. The van der Waals surface area contributed by atoms with E-state index < -0.39 is 0 Å².